The molecule has 0 radical (unpaired) electrons. The molecule has 0 rings (SSSR count). The molecular formula is C16H30O3. The zero-order valence-electron chi connectivity index (χ0n) is 12.7. The minimum absolute atomic E-state index is 0.0152. The monoisotopic (exact) mass is 270 g/mol. The second-order valence-corrected chi connectivity index (χ2v) is 5.16. The van der Waals surface area contributed by atoms with Gasteiger partial charge in [0.05, 0.1) is 6.61 Å². The van der Waals surface area contributed by atoms with Gasteiger partial charge in [0.2, 0.25) is 0 Å². The number of Topliss-reactive ketones (excluding diaryl/α,β-unsaturated/α-hetero) is 1. The van der Waals surface area contributed by atoms with Crippen molar-refractivity contribution in [3.63, 3.8) is 0 Å². The first-order chi connectivity index (χ1) is 9.20. The Morgan fingerprint density at radius 3 is 2.05 bits per heavy atom. The highest BCUT2D eigenvalue weighted by atomic mass is 16.5. The number of ether oxygens (including phenoxy) is 1. The van der Waals surface area contributed by atoms with Gasteiger partial charge in [-0.05, 0) is 12.8 Å². The van der Waals surface area contributed by atoms with Gasteiger partial charge in [0, 0.05) is 6.42 Å². The van der Waals surface area contributed by atoms with Crippen molar-refractivity contribution in [2.24, 2.45) is 0 Å². The number of unbranched alkanes of at least 4 members (excludes halogenated alkanes) is 7. The van der Waals surface area contributed by atoms with Crippen molar-refractivity contribution in [3.8, 4) is 0 Å². The van der Waals surface area contributed by atoms with Gasteiger partial charge in [-0.25, -0.2) is 0 Å². The van der Waals surface area contributed by atoms with Crippen LogP contribution in [0.1, 0.15) is 84.5 Å². The summed E-state index contributed by atoms with van der Waals surface area (Å²) in [5.41, 5.74) is 0. The quantitative estimate of drug-likeness (QED) is 0.282. The van der Waals surface area contributed by atoms with Crippen molar-refractivity contribution in [2.75, 3.05) is 6.61 Å². The lowest BCUT2D eigenvalue weighted by Crippen LogP contribution is -2.12. The summed E-state index contributed by atoms with van der Waals surface area (Å²) >= 11 is 0. The molecule has 0 aliphatic heterocycles. The van der Waals surface area contributed by atoms with E-state index in [1.54, 1.807) is 0 Å². The Hall–Kier alpha value is -0.860. The molecule has 0 unspecified atom stereocenters. The minimum atomic E-state index is -0.352. The van der Waals surface area contributed by atoms with E-state index in [-0.39, 0.29) is 18.2 Å². The number of carbonyl (C=O) groups is 2. The SMILES string of the molecule is CCCCCCCCOC(=O)CC(=O)CCCCC. The van der Waals surface area contributed by atoms with Crippen LogP contribution in [0.4, 0.5) is 0 Å². The Morgan fingerprint density at radius 1 is 0.789 bits per heavy atom. The van der Waals surface area contributed by atoms with Crippen LogP contribution in [0.3, 0.4) is 0 Å². The van der Waals surface area contributed by atoms with Gasteiger partial charge in [-0.2, -0.15) is 0 Å². The molecule has 0 spiro atoms. The van der Waals surface area contributed by atoms with Gasteiger partial charge in [-0.3, -0.25) is 9.59 Å². The normalized spacial score (nSPS) is 10.4. The summed E-state index contributed by atoms with van der Waals surface area (Å²) in [4.78, 5) is 22.8. The molecule has 0 amide bonds. The van der Waals surface area contributed by atoms with E-state index in [4.69, 9.17) is 4.74 Å². The molecule has 0 aromatic carbocycles. The molecule has 0 aliphatic rings. The van der Waals surface area contributed by atoms with Crippen molar-refractivity contribution in [1.29, 1.82) is 0 Å². The van der Waals surface area contributed by atoms with E-state index < -0.39 is 0 Å². The van der Waals surface area contributed by atoms with Gasteiger partial charge in [0.15, 0.2) is 0 Å². The third-order valence-electron chi connectivity index (χ3n) is 3.16. The molecule has 0 heterocycles. The lowest BCUT2D eigenvalue weighted by atomic mass is 10.1. The van der Waals surface area contributed by atoms with Crippen LogP contribution >= 0.6 is 0 Å². The summed E-state index contributed by atoms with van der Waals surface area (Å²) in [7, 11) is 0. The van der Waals surface area contributed by atoms with Crippen molar-refractivity contribution in [3.05, 3.63) is 0 Å². The summed E-state index contributed by atoms with van der Waals surface area (Å²) in [5, 5.41) is 0. The van der Waals surface area contributed by atoms with Gasteiger partial charge >= 0.3 is 5.97 Å². The summed E-state index contributed by atoms with van der Waals surface area (Å²) < 4.78 is 5.07. The first-order valence-electron chi connectivity index (χ1n) is 7.88. The van der Waals surface area contributed by atoms with Crippen LogP contribution in [0, 0.1) is 0 Å². The largest absolute Gasteiger partial charge is 0.465 e. The lowest BCUT2D eigenvalue weighted by molar-refractivity contribution is -0.146. The van der Waals surface area contributed by atoms with Gasteiger partial charge in [0.1, 0.15) is 12.2 Å². The Bertz CT molecular complexity index is 236. The third-order valence-corrected chi connectivity index (χ3v) is 3.16. The number of hydrogen-bond donors (Lipinski definition) is 0. The molecule has 0 N–H and O–H groups in total. The van der Waals surface area contributed by atoms with Crippen LogP contribution in [0.15, 0.2) is 0 Å². The molecule has 19 heavy (non-hydrogen) atoms. The average molecular weight is 270 g/mol. The zero-order chi connectivity index (χ0) is 14.3. The Labute approximate surface area is 118 Å². The molecule has 0 atom stereocenters. The van der Waals surface area contributed by atoms with Crippen LogP contribution in [-0.4, -0.2) is 18.4 Å². The Balaban J connectivity index is 3.36. The van der Waals surface area contributed by atoms with Crippen molar-refractivity contribution >= 4 is 11.8 Å². The molecular weight excluding hydrogens is 240 g/mol. The van der Waals surface area contributed by atoms with Crippen molar-refractivity contribution in [2.45, 2.75) is 84.5 Å². The van der Waals surface area contributed by atoms with Crippen LogP contribution in [-0.2, 0) is 14.3 Å². The number of carbonyl (C=O) groups excluding carboxylic acids is 2. The maximum atomic E-state index is 11.4. The maximum Gasteiger partial charge on any atom is 0.313 e. The van der Waals surface area contributed by atoms with E-state index >= 15 is 0 Å². The highest BCUT2D eigenvalue weighted by Gasteiger charge is 2.09. The highest BCUT2D eigenvalue weighted by Crippen LogP contribution is 2.06. The Kier molecular flexibility index (Phi) is 13.0. The van der Waals surface area contributed by atoms with Crippen molar-refractivity contribution < 1.29 is 14.3 Å². The molecule has 112 valence electrons. The van der Waals surface area contributed by atoms with E-state index in [1.807, 2.05) is 0 Å². The topological polar surface area (TPSA) is 43.4 Å². The van der Waals surface area contributed by atoms with Crippen LogP contribution in [0.5, 0.6) is 0 Å². The summed E-state index contributed by atoms with van der Waals surface area (Å²) in [6, 6.07) is 0. The van der Waals surface area contributed by atoms with Gasteiger partial charge < -0.3 is 4.74 Å². The second-order valence-electron chi connectivity index (χ2n) is 5.16. The van der Waals surface area contributed by atoms with E-state index in [0.717, 1.165) is 32.1 Å². The fraction of sp³-hybridized carbons (Fsp3) is 0.875. The Morgan fingerprint density at radius 2 is 1.37 bits per heavy atom. The highest BCUT2D eigenvalue weighted by molar-refractivity contribution is 5.95. The first kappa shape index (κ1) is 18.1. The molecule has 0 bridgehead atoms. The van der Waals surface area contributed by atoms with Crippen molar-refractivity contribution in [1.82, 2.24) is 0 Å². The molecule has 0 aromatic heterocycles. The predicted molar refractivity (Wildman–Crippen MR) is 78.1 cm³/mol. The van der Waals surface area contributed by atoms with Gasteiger partial charge in [0.25, 0.3) is 0 Å². The van der Waals surface area contributed by atoms with Gasteiger partial charge in [-0.15, -0.1) is 0 Å². The molecule has 3 nitrogen and oxygen atoms in total. The summed E-state index contributed by atoms with van der Waals surface area (Å²) in [5.74, 6) is -0.337. The summed E-state index contributed by atoms with van der Waals surface area (Å²) in [6.45, 7) is 4.76. The summed E-state index contributed by atoms with van der Waals surface area (Å²) in [6.07, 6.45) is 10.5. The maximum absolute atomic E-state index is 11.4. The van der Waals surface area contributed by atoms with Crippen LogP contribution in [0.25, 0.3) is 0 Å². The number of hydrogen-bond acceptors (Lipinski definition) is 3. The molecule has 0 aromatic rings. The van der Waals surface area contributed by atoms with E-state index in [9.17, 15) is 9.59 Å². The molecule has 0 aliphatic carbocycles. The molecule has 3 heteroatoms. The smallest absolute Gasteiger partial charge is 0.313 e. The number of ketones is 1. The van der Waals surface area contributed by atoms with Gasteiger partial charge in [-0.1, -0.05) is 58.8 Å². The molecule has 0 saturated heterocycles. The predicted octanol–water partition coefficient (Wildman–Crippen LogP) is 4.43. The number of rotatable bonds is 13. The third kappa shape index (κ3) is 13.4. The second kappa shape index (κ2) is 13.6. The molecule has 0 fully saturated rings. The fourth-order valence-electron chi connectivity index (χ4n) is 1.94. The van der Waals surface area contributed by atoms with E-state index in [0.29, 0.717) is 13.0 Å². The number of esters is 1. The van der Waals surface area contributed by atoms with E-state index in [2.05, 4.69) is 13.8 Å². The first-order valence-corrected chi connectivity index (χ1v) is 7.88. The van der Waals surface area contributed by atoms with E-state index in [1.165, 1.54) is 25.7 Å². The lowest BCUT2D eigenvalue weighted by Gasteiger charge is -2.04. The molecule has 0 saturated carbocycles. The zero-order valence-corrected chi connectivity index (χ0v) is 12.7. The minimum Gasteiger partial charge on any atom is -0.465 e. The van der Waals surface area contributed by atoms with Crippen LogP contribution < -0.4 is 0 Å². The fourth-order valence-corrected chi connectivity index (χ4v) is 1.94. The van der Waals surface area contributed by atoms with Crippen LogP contribution in [0.2, 0.25) is 0 Å². The average Bonchev–Trinajstić information content (AvgIpc) is 2.38. The standard InChI is InChI=1S/C16H30O3/c1-3-5-7-8-9-11-13-19-16(18)14-15(17)12-10-6-4-2/h3-14H2,1-2H3.